The van der Waals surface area contributed by atoms with E-state index in [1.807, 2.05) is 0 Å². The summed E-state index contributed by atoms with van der Waals surface area (Å²) in [7, 11) is 1.32. The summed E-state index contributed by atoms with van der Waals surface area (Å²) in [5, 5.41) is 12.0. The number of aromatic hydroxyl groups is 1. The fourth-order valence-corrected chi connectivity index (χ4v) is 1.58. The van der Waals surface area contributed by atoms with Gasteiger partial charge in [-0.1, -0.05) is 0 Å². The van der Waals surface area contributed by atoms with Crippen molar-refractivity contribution in [2.24, 2.45) is 0 Å². The number of rotatable bonds is 3. The smallest absolute Gasteiger partial charge is 0.278 e. The molecule has 0 aliphatic rings. The van der Waals surface area contributed by atoms with Crippen LogP contribution < -0.4 is 10.1 Å². The van der Waals surface area contributed by atoms with E-state index >= 15 is 0 Å². The van der Waals surface area contributed by atoms with Crippen LogP contribution in [0.15, 0.2) is 30.5 Å². The zero-order chi connectivity index (χ0) is 14.7. The number of hydrogen-bond acceptors (Lipinski definition) is 4. The highest BCUT2D eigenvalue weighted by Crippen LogP contribution is 2.28. The maximum Gasteiger partial charge on any atom is 0.278 e. The highest BCUT2D eigenvalue weighted by atomic mass is 19.1. The predicted octanol–water partition coefficient (Wildman–Crippen LogP) is 2.33. The second kappa shape index (κ2) is 5.52. The molecule has 0 aliphatic heterocycles. The molecule has 0 saturated heterocycles. The van der Waals surface area contributed by atoms with Crippen LogP contribution in [0.2, 0.25) is 0 Å². The molecule has 20 heavy (non-hydrogen) atoms. The Hall–Kier alpha value is -2.70. The van der Waals surface area contributed by atoms with Crippen molar-refractivity contribution in [3.8, 4) is 11.5 Å². The summed E-state index contributed by atoms with van der Waals surface area (Å²) in [5.74, 6) is -2.86. The normalized spacial score (nSPS) is 10.2. The van der Waals surface area contributed by atoms with Gasteiger partial charge in [-0.3, -0.25) is 4.79 Å². The van der Waals surface area contributed by atoms with Crippen molar-refractivity contribution in [3.05, 3.63) is 47.8 Å². The first kappa shape index (κ1) is 13.7. The lowest BCUT2D eigenvalue weighted by molar-refractivity contribution is 0.101. The molecule has 0 spiro atoms. The van der Waals surface area contributed by atoms with Gasteiger partial charge >= 0.3 is 0 Å². The molecule has 0 fully saturated rings. The standard InChI is InChI=1S/C13H10F2N2O3/c1-20-10-2-3-16-11(12(10)18)13(19)17-9-5-7(14)4-8(15)6-9/h2-6,18H,1H3,(H,17,19). The number of ether oxygens (including phenoxy) is 1. The zero-order valence-corrected chi connectivity index (χ0v) is 10.4. The average molecular weight is 280 g/mol. The third kappa shape index (κ3) is 2.82. The van der Waals surface area contributed by atoms with Crippen molar-refractivity contribution in [1.29, 1.82) is 0 Å². The van der Waals surface area contributed by atoms with Crippen LogP contribution in [-0.2, 0) is 0 Å². The molecule has 7 heteroatoms. The summed E-state index contributed by atoms with van der Waals surface area (Å²) in [6, 6.07) is 3.93. The van der Waals surface area contributed by atoms with Crippen LogP contribution in [0.5, 0.6) is 11.5 Å². The van der Waals surface area contributed by atoms with Crippen molar-refractivity contribution < 1.29 is 23.4 Å². The first-order valence-corrected chi connectivity index (χ1v) is 5.50. The molecular weight excluding hydrogens is 270 g/mol. The van der Waals surface area contributed by atoms with Crippen molar-refractivity contribution >= 4 is 11.6 Å². The minimum Gasteiger partial charge on any atom is -0.503 e. The van der Waals surface area contributed by atoms with Gasteiger partial charge in [-0.2, -0.15) is 0 Å². The summed E-state index contributed by atoms with van der Waals surface area (Å²) in [4.78, 5) is 15.6. The van der Waals surface area contributed by atoms with Gasteiger partial charge in [0.05, 0.1) is 7.11 Å². The first-order chi connectivity index (χ1) is 9.51. The van der Waals surface area contributed by atoms with Crippen molar-refractivity contribution in [1.82, 2.24) is 4.98 Å². The lowest BCUT2D eigenvalue weighted by Gasteiger charge is -2.08. The highest BCUT2D eigenvalue weighted by molar-refractivity contribution is 6.05. The Balaban J connectivity index is 2.28. The largest absolute Gasteiger partial charge is 0.503 e. The Kier molecular flexibility index (Phi) is 3.79. The average Bonchev–Trinajstić information content (AvgIpc) is 2.37. The molecule has 2 aromatic rings. The molecule has 1 aromatic carbocycles. The molecule has 5 nitrogen and oxygen atoms in total. The quantitative estimate of drug-likeness (QED) is 0.905. The number of pyridine rings is 1. The third-order valence-electron chi connectivity index (χ3n) is 2.44. The van der Waals surface area contributed by atoms with Gasteiger partial charge in [0.1, 0.15) is 11.6 Å². The summed E-state index contributed by atoms with van der Waals surface area (Å²) < 4.78 is 30.8. The Morgan fingerprint density at radius 1 is 1.30 bits per heavy atom. The van der Waals surface area contributed by atoms with Gasteiger partial charge in [0.15, 0.2) is 17.2 Å². The van der Waals surface area contributed by atoms with E-state index in [9.17, 15) is 18.7 Å². The SMILES string of the molecule is COc1ccnc(C(=O)Nc2cc(F)cc(F)c2)c1O. The van der Waals surface area contributed by atoms with Crippen LogP contribution in [0.3, 0.4) is 0 Å². The summed E-state index contributed by atoms with van der Waals surface area (Å²) in [5.41, 5.74) is -0.398. The van der Waals surface area contributed by atoms with E-state index in [1.54, 1.807) is 0 Å². The van der Waals surface area contributed by atoms with Gasteiger partial charge in [0.2, 0.25) is 0 Å². The number of halogens is 2. The third-order valence-corrected chi connectivity index (χ3v) is 2.44. The van der Waals surface area contributed by atoms with E-state index in [-0.39, 0.29) is 17.1 Å². The van der Waals surface area contributed by atoms with E-state index in [4.69, 9.17) is 4.74 Å². The molecular formula is C13H10F2N2O3. The van der Waals surface area contributed by atoms with Gasteiger partial charge in [-0.05, 0) is 12.1 Å². The van der Waals surface area contributed by atoms with Crippen molar-refractivity contribution in [2.45, 2.75) is 0 Å². The molecule has 2 rings (SSSR count). The van der Waals surface area contributed by atoms with Crippen LogP contribution in [0.25, 0.3) is 0 Å². The van der Waals surface area contributed by atoms with Crippen molar-refractivity contribution in [3.63, 3.8) is 0 Å². The topological polar surface area (TPSA) is 71.5 Å². The molecule has 1 heterocycles. The number of benzene rings is 1. The van der Waals surface area contributed by atoms with Crippen LogP contribution in [0, 0.1) is 11.6 Å². The van der Waals surface area contributed by atoms with E-state index < -0.39 is 23.3 Å². The molecule has 1 amide bonds. The number of nitrogens with one attached hydrogen (secondary N) is 1. The number of nitrogens with zero attached hydrogens (tertiary/aromatic N) is 1. The monoisotopic (exact) mass is 280 g/mol. The first-order valence-electron chi connectivity index (χ1n) is 5.50. The minimum absolute atomic E-state index is 0.0653. The van der Waals surface area contributed by atoms with E-state index in [0.29, 0.717) is 6.07 Å². The molecule has 0 aliphatic carbocycles. The predicted molar refractivity (Wildman–Crippen MR) is 66.8 cm³/mol. The highest BCUT2D eigenvalue weighted by Gasteiger charge is 2.17. The van der Waals surface area contributed by atoms with Gasteiger partial charge in [-0.25, -0.2) is 13.8 Å². The Labute approximate surface area is 112 Å². The van der Waals surface area contributed by atoms with Crippen molar-refractivity contribution in [2.75, 3.05) is 12.4 Å². The second-order valence-electron chi connectivity index (χ2n) is 3.82. The number of carbonyl (C=O) groups excluding carboxylic acids is 1. The number of amides is 1. The van der Waals surface area contributed by atoms with Gasteiger partial charge in [0.25, 0.3) is 5.91 Å². The molecule has 2 N–H and O–H groups in total. The van der Waals surface area contributed by atoms with Crippen LogP contribution >= 0.6 is 0 Å². The zero-order valence-electron chi connectivity index (χ0n) is 10.4. The van der Waals surface area contributed by atoms with E-state index in [0.717, 1.165) is 12.1 Å². The molecule has 0 atom stereocenters. The number of anilines is 1. The van der Waals surface area contributed by atoms with Gasteiger partial charge in [-0.15, -0.1) is 0 Å². The summed E-state index contributed by atoms with van der Waals surface area (Å²) in [6.07, 6.45) is 1.26. The lowest BCUT2D eigenvalue weighted by Crippen LogP contribution is -2.14. The molecule has 0 bridgehead atoms. The number of methoxy groups -OCH3 is 1. The van der Waals surface area contributed by atoms with Crippen LogP contribution in [0.4, 0.5) is 14.5 Å². The molecule has 1 aromatic heterocycles. The minimum atomic E-state index is -0.830. The number of aromatic nitrogens is 1. The Morgan fingerprint density at radius 3 is 2.55 bits per heavy atom. The summed E-state index contributed by atoms with van der Waals surface area (Å²) >= 11 is 0. The fraction of sp³-hybridized carbons (Fsp3) is 0.0769. The molecule has 0 radical (unpaired) electrons. The maximum atomic E-state index is 13.0. The van der Waals surface area contributed by atoms with E-state index in [2.05, 4.69) is 10.3 Å². The molecule has 0 saturated carbocycles. The number of carbonyl (C=O) groups is 1. The summed E-state index contributed by atoms with van der Waals surface area (Å²) in [6.45, 7) is 0. The van der Waals surface area contributed by atoms with Crippen LogP contribution in [-0.4, -0.2) is 23.1 Å². The van der Waals surface area contributed by atoms with Crippen LogP contribution in [0.1, 0.15) is 10.5 Å². The maximum absolute atomic E-state index is 13.0. The lowest BCUT2D eigenvalue weighted by atomic mass is 10.2. The number of hydrogen-bond donors (Lipinski definition) is 2. The van der Waals surface area contributed by atoms with Gasteiger partial charge < -0.3 is 15.2 Å². The Bertz CT molecular complexity index is 642. The van der Waals surface area contributed by atoms with E-state index in [1.165, 1.54) is 19.4 Å². The molecule has 0 unspecified atom stereocenters. The second-order valence-corrected chi connectivity index (χ2v) is 3.82. The fourth-order valence-electron chi connectivity index (χ4n) is 1.58. The van der Waals surface area contributed by atoms with Gasteiger partial charge in [0, 0.05) is 24.0 Å². The molecule has 104 valence electrons. The Morgan fingerprint density at radius 2 is 1.95 bits per heavy atom.